The van der Waals surface area contributed by atoms with Crippen molar-refractivity contribution in [2.75, 3.05) is 13.1 Å². The number of likely N-dealkylation sites (tertiary alicyclic amines) is 1. The van der Waals surface area contributed by atoms with Gasteiger partial charge in [0.2, 0.25) is 0 Å². The van der Waals surface area contributed by atoms with Crippen LogP contribution in [0.25, 0.3) is 16.6 Å². The third-order valence-corrected chi connectivity index (χ3v) is 10.5. The third kappa shape index (κ3) is 3.80. The molecule has 0 N–H and O–H groups in total. The minimum Gasteiger partial charge on any atom is -0.303 e. The molecule has 0 bridgehead atoms. The van der Waals surface area contributed by atoms with E-state index in [1.807, 2.05) is 12.1 Å². The Labute approximate surface area is 229 Å². The maximum Gasteiger partial charge on any atom is 0.282 e. The first kappa shape index (κ1) is 24.5. The predicted molar refractivity (Wildman–Crippen MR) is 152 cm³/mol. The molecule has 0 radical (unpaired) electrons. The highest BCUT2D eigenvalue weighted by atomic mass is 35.5. The molecule has 0 unspecified atom stereocenters. The monoisotopic (exact) mass is 529 g/mol. The molecule has 6 heteroatoms. The quantitative estimate of drug-likeness (QED) is 0.361. The lowest BCUT2D eigenvalue weighted by atomic mass is 9.69. The van der Waals surface area contributed by atoms with Crippen LogP contribution in [0.2, 0.25) is 5.02 Å². The van der Waals surface area contributed by atoms with Crippen LogP contribution in [0.1, 0.15) is 93.5 Å². The molecule has 1 saturated heterocycles. The topological polar surface area (TPSA) is 55.2 Å². The molecule has 1 atom stereocenters. The number of nitrogens with zero attached hydrogens (tertiary/aromatic N) is 3. The van der Waals surface area contributed by atoms with E-state index >= 15 is 0 Å². The number of fused-ring (bicyclic) bond motifs is 7. The second-order valence-electron chi connectivity index (χ2n) is 12.2. The summed E-state index contributed by atoms with van der Waals surface area (Å²) in [4.78, 5) is 31.9. The number of piperidine rings is 1. The smallest absolute Gasteiger partial charge is 0.282 e. The molecule has 4 aliphatic rings. The van der Waals surface area contributed by atoms with Gasteiger partial charge in [0, 0.05) is 18.5 Å². The van der Waals surface area contributed by atoms with E-state index in [0.29, 0.717) is 22.4 Å². The number of carbonyl (C=O) groups excluding carboxylic acids is 1. The number of hydrogen-bond acceptors (Lipinski definition) is 4. The number of hydrogen-bond donors (Lipinski definition) is 0. The molecule has 5 nitrogen and oxygen atoms in total. The van der Waals surface area contributed by atoms with Crippen molar-refractivity contribution < 1.29 is 4.79 Å². The van der Waals surface area contributed by atoms with Crippen molar-refractivity contribution in [2.24, 2.45) is 5.92 Å². The Balaban J connectivity index is 1.29. The standard InChI is InChI=1S/C32H36ClN3O2/c33-26-7-4-8-27-29(26)30(38)34-31-32(15-2-1-3-16-32)25-14-11-22(18-28(25)36(27)31)23-6-5-17-35(19-23)24-12-9-21(20-37)10-13-24/h4,7-8,11,14,18,20-21,23-24H,1-3,5-6,9-10,12-13,15-17,19H2/t21?,23-,24?/m0/s1. The normalized spacial score (nSPS) is 26.8. The van der Waals surface area contributed by atoms with Gasteiger partial charge in [-0.05, 0) is 93.2 Å². The number of benzene rings is 2. The molecule has 2 aliphatic carbocycles. The van der Waals surface area contributed by atoms with Gasteiger partial charge in [0.1, 0.15) is 12.1 Å². The van der Waals surface area contributed by atoms with E-state index in [1.165, 1.54) is 36.1 Å². The van der Waals surface area contributed by atoms with Crippen LogP contribution in [0.5, 0.6) is 0 Å². The highest BCUT2D eigenvalue weighted by Crippen LogP contribution is 2.52. The van der Waals surface area contributed by atoms with Crippen molar-refractivity contribution in [3.8, 4) is 5.69 Å². The van der Waals surface area contributed by atoms with Crippen molar-refractivity contribution in [1.82, 2.24) is 14.5 Å². The first-order chi connectivity index (χ1) is 18.6. The van der Waals surface area contributed by atoms with Crippen LogP contribution in [0.4, 0.5) is 0 Å². The second kappa shape index (κ2) is 9.60. The summed E-state index contributed by atoms with van der Waals surface area (Å²) in [5.74, 6) is 1.67. The summed E-state index contributed by atoms with van der Waals surface area (Å²) in [6, 6.07) is 13.5. The molecule has 2 aromatic carbocycles. The van der Waals surface area contributed by atoms with Gasteiger partial charge in [0.05, 0.1) is 27.0 Å². The first-order valence-electron chi connectivity index (χ1n) is 14.6. The number of aromatic nitrogens is 2. The van der Waals surface area contributed by atoms with E-state index < -0.39 is 0 Å². The van der Waals surface area contributed by atoms with Crippen LogP contribution in [0.3, 0.4) is 0 Å². The Hall–Kier alpha value is -2.50. The van der Waals surface area contributed by atoms with Crippen molar-refractivity contribution in [3.63, 3.8) is 0 Å². The fourth-order valence-corrected chi connectivity index (χ4v) is 8.42. The van der Waals surface area contributed by atoms with Gasteiger partial charge in [-0.2, -0.15) is 4.98 Å². The fourth-order valence-electron chi connectivity index (χ4n) is 8.17. The van der Waals surface area contributed by atoms with Gasteiger partial charge < -0.3 is 4.79 Å². The minimum absolute atomic E-state index is 0.183. The lowest BCUT2D eigenvalue weighted by molar-refractivity contribution is -0.112. The predicted octanol–water partition coefficient (Wildman–Crippen LogP) is 6.54. The average molecular weight is 530 g/mol. The average Bonchev–Trinajstić information content (AvgIpc) is 3.21. The molecular weight excluding hydrogens is 494 g/mol. The van der Waals surface area contributed by atoms with Gasteiger partial charge in [-0.3, -0.25) is 14.3 Å². The van der Waals surface area contributed by atoms with Crippen LogP contribution in [-0.2, 0) is 10.2 Å². The highest BCUT2D eigenvalue weighted by Gasteiger charge is 2.46. The molecule has 198 valence electrons. The van der Waals surface area contributed by atoms with E-state index in [-0.39, 0.29) is 16.9 Å². The molecule has 3 fully saturated rings. The minimum atomic E-state index is -0.206. The van der Waals surface area contributed by atoms with Gasteiger partial charge in [0.15, 0.2) is 0 Å². The highest BCUT2D eigenvalue weighted by molar-refractivity contribution is 6.35. The molecule has 1 aromatic heterocycles. The molecule has 1 spiro atoms. The molecular formula is C32H36ClN3O2. The van der Waals surface area contributed by atoms with E-state index in [0.717, 1.165) is 82.1 Å². The molecule has 3 aromatic rings. The molecule has 0 amide bonds. The van der Waals surface area contributed by atoms with E-state index in [9.17, 15) is 9.59 Å². The zero-order chi connectivity index (χ0) is 25.9. The van der Waals surface area contributed by atoms with Crippen LogP contribution >= 0.6 is 11.6 Å². The second-order valence-corrected chi connectivity index (χ2v) is 12.6. The Kier molecular flexibility index (Phi) is 6.20. The van der Waals surface area contributed by atoms with Crippen molar-refractivity contribution in [3.05, 3.63) is 68.7 Å². The van der Waals surface area contributed by atoms with Crippen molar-refractivity contribution in [1.29, 1.82) is 0 Å². The van der Waals surface area contributed by atoms with Crippen molar-refractivity contribution >= 4 is 28.8 Å². The lowest BCUT2D eigenvalue weighted by Gasteiger charge is -2.41. The van der Waals surface area contributed by atoms with E-state index in [1.54, 1.807) is 6.07 Å². The summed E-state index contributed by atoms with van der Waals surface area (Å²) in [6.45, 7) is 2.25. The zero-order valence-electron chi connectivity index (χ0n) is 22.0. The summed E-state index contributed by atoms with van der Waals surface area (Å²) in [5.41, 5.74) is 4.41. The number of rotatable bonds is 3. The number of aldehydes is 1. The fraction of sp³-hybridized carbons (Fsp3) is 0.531. The summed E-state index contributed by atoms with van der Waals surface area (Å²) in [6.07, 6.45) is 13.6. The van der Waals surface area contributed by atoms with Gasteiger partial charge in [-0.1, -0.05) is 49.1 Å². The third-order valence-electron chi connectivity index (χ3n) is 10.2. The molecule has 2 aliphatic heterocycles. The van der Waals surface area contributed by atoms with Crippen molar-refractivity contribution in [2.45, 2.75) is 88.0 Å². The molecule has 2 saturated carbocycles. The number of halogens is 1. The summed E-state index contributed by atoms with van der Waals surface area (Å²) < 4.78 is 2.27. The Morgan fingerprint density at radius 3 is 2.58 bits per heavy atom. The zero-order valence-corrected chi connectivity index (χ0v) is 22.8. The Bertz CT molecular complexity index is 1450. The molecule has 38 heavy (non-hydrogen) atoms. The van der Waals surface area contributed by atoms with E-state index in [2.05, 4.69) is 27.7 Å². The van der Waals surface area contributed by atoms with E-state index in [4.69, 9.17) is 16.6 Å². The largest absolute Gasteiger partial charge is 0.303 e. The lowest BCUT2D eigenvalue weighted by Crippen LogP contribution is -2.43. The van der Waals surface area contributed by atoms with Gasteiger partial charge in [0.25, 0.3) is 5.56 Å². The van der Waals surface area contributed by atoms with Crippen LogP contribution in [0.15, 0.2) is 41.2 Å². The van der Waals surface area contributed by atoms with Crippen LogP contribution in [0, 0.1) is 5.92 Å². The Morgan fingerprint density at radius 1 is 0.974 bits per heavy atom. The van der Waals surface area contributed by atoms with Crippen LogP contribution < -0.4 is 5.56 Å². The van der Waals surface area contributed by atoms with Crippen LogP contribution in [-0.4, -0.2) is 39.9 Å². The van der Waals surface area contributed by atoms with Gasteiger partial charge in [-0.15, -0.1) is 0 Å². The maximum absolute atomic E-state index is 13.2. The van der Waals surface area contributed by atoms with Gasteiger partial charge >= 0.3 is 0 Å². The molecule has 3 heterocycles. The first-order valence-corrected chi connectivity index (χ1v) is 15.0. The maximum atomic E-state index is 13.2. The number of carbonyl (C=O) groups is 1. The molecule has 7 rings (SSSR count). The Morgan fingerprint density at radius 2 is 1.79 bits per heavy atom. The summed E-state index contributed by atoms with van der Waals surface area (Å²) in [5, 5.41) is 1.00. The van der Waals surface area contributed by atoms with Gasteiger partial charge in [-0.25, -0.2) is 0 Å². The summed E-state index contributed by atoms with van der Waals surface area (Å²) >= 11 is 6.55. The SMILES string of the molecule is O=CC1CCC(N2CCC[C@H](c3ccc4c(c3)-n3c(nc(=O)c5c(Cl)cccc53)C43CCCCC3)C2)CC1. The summed E-state index contributed by atoms with van der Waals surface area (Å²) in [7, 11) is 0.